The van der Waals surface area contributed by atoms with Crippen LogP contribution in [0.25, 0.3) is 0 Å². The number of fused-ring (bicyclic) bond motifs is 1. The van der Waals surface area contributed by atoms with E-state index >= 15 is 0 Å². The Bertz CT molecular complexity index is 519. The maximum absolute atomic E-state index is 12.0. The summed E-state index contributed by atoms with van der Waals surface area (Å²) in [4.78, 5) is 23.5. The zero-order valence-corrected chi connectivity index (χ0v) is 10.3. The molecule has 0 saturated carbocycles. The fourth-order valence-electron chi connectivity index (χ4n) is 2.00. The van der Waals surface area contributed by atoms with Crippen molar-refractivity contribution in [1.82, 2.24) is 0 Å². The van der Waals surface area contributed by atoms with Gasteiger partial charge in [0.2, 0.25) is 0 Å². The predicted octanol–water partition coefficient (Wildman–Crippen LogP) is 1.38. The van der Waals surface area contributed by atoms with Crippen LogP contribution in [0.3, 0.4) is 0 Å². The second-order valence-electron chi connectivity index (χ2n) is 4.04. The summed E-state index contributed by atoms with van der Waals surface area (Å²) in [6.45, 7) is 3.84. The summed E-state index contributed by atoms with van der Waals surface area (Å²) >= 11 is 0. The molecule has 0 spiro atoms. The monoisotopic (exact) mass is 250 g/mol. The van der Waals surface area contributed by atoms with E-state index in [-0.39, 0.29) is 17.9 Å². The first kappa shape index (κ1) is 12.4. The molecule has 0 aliphatic carbocycles. The summed E-state index contributed by atoms with van der Waals surface area (Å²) in [5.74, 6) is -1.39. The van der Waals surface area contributed by atoms with Crippen molar-refractivity contribution in [2.45, 2.75) is 20.3 Å². The van der Waals surface area contributed by atoms with Crippen molar-refractivity contribution in [2.75, 3.05) is 13.2 Å². The van der Waals surface area contributed by atoms with Crippen LogP contribution in [0.15, 0.2) is 6.07 Å². The lowest BCUT2D eigenvalue weighted by molar-refractivity contribution is -0.137. The maximum atomic E-state index is 12.0. The quantitative estimate of drug-likeness (QED) is 0.498. The molecule has 0 bridgehead atoms. The Balaban J connectivity index is 2.50. The molecule has 1 heterocycles. The normalized spacial score (nSPS) is 12.8. The number of esters is 1. The Morgan fingerprint density at radius 3 is 2.89 bits per heavy atom. The van der Waals surface area contributed by atoms with Crippen molar-refractivity contribution >= 4 is 11.8 Å². The number of phenolic OH excluding ortho intramolecular Hbond substituents is 1. The number of carbonyl (C=O) groups is 2. The Kier molecular flexibility index (Phi) is 3.23. The summed E-state index contributed by atoms with van der Waals surface area (Å²) < 4.78 is 10.0. The standard InChI is InChI=1S/C13H14O5/c1-3-17-13(16)12(15)10-8-4-5-18-9(8)6-7(2)11(10)14/h6,14H,3-5H2,1-2H3. The van der Waals surface area contributed by atoms with Gasteiger partial charge in [-0.1, -0.05) is 0 Å². The molecule has 0 atom stereocenters. The van der Waals surface area contributed by atoms with Crippen LogP contribution in [-0.4, -0.2) is 30.1 Å². The Morgan fingerprint density at radius 2 is 2.22 bits per heavy atom. The molecule has 5 nitrogen and oxygen atoms in total. The van der Waals surface area contributed by atoms with Crippen LogP contribution in [0.5, 0.6) is 11.5 Å². The molecule has 96 valence electrons. The molecule has 0 aromatic heterocycles. The number of aromatic hydroxyl groups is 1. The van der Waals surface area contributed by atoms with E-state index in [0.29, 0.717) is 29.9 Å². The summed E-state index contributed by atoms with van der Waals surface area (Å²) in [6, 6.07) is 1.67. The number of carbonyl (C=O) groups excluding carboxylic acids is 2. The van der Waals surface area contributed by atoms with Gasteiger partial charge in [-0.05, 0) is 25.5 Å². The van der Waals surface area contributed by atoms with Gasteiger partial charge < -0.3 is 14.6 Å². The van der Waals surface area contributed by atoms with Crippen molar-refractivity contribution < 1.29 is 24.2 Å². The minimum atomic E-state index is -0.951. The van der Waals surface area contributed by atoms with Crippen LogP contribution < -0.4 is 4.74 Å². The molecule has 0 radical (unpaired) electrons. The van der Waals surface area contributed by atoms with E-state index in [1.54, 1.807) is 19.9 Å². The minimum absolute atomic E-state index is 0.0148. The summed E-state index contributed by atoms with van der Waals surface area (Å²) in [5, 5.41) is 9.97. The predicted molar refractivity (Wildman–Crippen MR) is 63.0 cm³/mol. The number of ether oxygens (including phenoxy) is 2. The molecular weight excluding hydrogens is 236 g/mol. The molecular formula is C13H14O5. The largest absolute Gasteiger partial charge is 0.507 e. The number of hydrogen-bond donors (Lipinski definition) is 1. The zero-order valence-electron chi connectivity index (χ0n) is 10.3. The molecule has 5 heteroatoms. The van der Waals surface area contributed by atoms with E-state index in [2.05, 4.69) is 4.74 Å². The van der Waals surface area contributed by atoms with Crippen molar-refractivity contribution in [3.63, 3.8) is 0 Å². The molecule has 1 aliphatic rings. The summed E-state index contributed by atoms with van der Waals surface area (Å²) in [6.07, 6.45) is 0.504. The number of rotatable bonds is 3. The minimum Gasteiger partial charge on any atom is -0.507 e. The second kappa shape index (κ2) is 4.68. The lowest BCUT2D eigenvalue weighted by Crippen LogP contribution is -2.19. The van der Waals surface area contributed by atoms with E-state index < -0.39 is 11.8 Å². The zero-order chi connectivity index (χ0) is 13.3. The smallest absolute Gasteiger partial charge is 0.379 e. The van der Waals surface area contributed by atoms with E-state index in [9.17, 15) is 14.7 Å². The van der Waals surface area contributed by atoms with Crippen LogP contribution in [-0.2, 0) is 16.0 Å². The third kappa shape index (κ3) is 1.92. The van der Waals surface area contributed by atoms with Gasteiger partial charge in [-0.3, -0.25) is 4.79 Å². The van der Waals surface area contributed by atoms with E-state index in [4.69, 9.17) is 4.74 Å². The SMILES string of the molecule is CCOC(=O)C(=O)c1c(O)c(C)cc2c1CCO2. The number of hydrogen-bond acceptors (Lipinski definition) is 5. The van der Waals surface area contributed by atoms with Crippen LogP contribution >= 0.6 is 0 Å². The van der Waals surface area contributed by atoms with E-state index in [1.165, 1.54) is 0 Å². The number of ketones is 1. The van der Waals surface area contributed by atoms with Crippen LogP contribution in [0.4, 0.5) is 0 Å². The molecule has 2 rings (SSSR count). The van der Waals surface area contributed by atoms with Crippen LogP contribution in [0.1, 0.15) is 28.4 Å². The van der Waals surface area contributed by atoms with Gasteiger partial charge >= 0.3 is 5.97 Å². The molecule has 18 heavy (non-hydrogen) atoms. The van der Waals surface area contributed by atoms with Gasteiger partial charge in [-0.15, -0.1) is 0 Å². The summed E-state index contributed by atoms with van der Waals surface area (Å²) in [7, 11) is 0. The van der Waals surface area contributed by atoms with Gasteiger partial charge in [0.05, 0.1) is 18.8 Å². The van der Waals surface area contributed by atoms with Gasteiger partial charge in [-0.2, -0.15) is 0 Å². The Morgan fingerprint density at radius 1 is 1.50 bits per heavy atom. The molecule has 1 aliphatic heterocycles. The first-order chi connectivity index (χ1) is 8.56. The third-order valence-electron chi connectivity index (χ3n) is 2.85. The van der Waals surface area contributed by atoms with E-state index in [1.807, 2.05) is 0 Å². The number of phenols is 1. The fourth-order valence-corrected chi connectivity index (χ4v) is 2.00. The van der Waals surface area contributed by atoms with Gasteiger partial charge in [0.1, 0.15) is 11.5 Å². The van der Waals surface area contributed by atoms with Gasteiger partial charge in [0.25, 0.3) is 5.78 Å². The highest BCUT2D eigenvalue weighted by Crippen LogP contribution is 2.37. The van der Waals surface area contributed by atoms with E-state index in [0.717, 1.165) is 0 Å². The lowest BCUT2D eigenvalue weighted by Gasteiger charge is -2.10. The second-order valence-corrected chi connectivity index (χ2v) is 4.04. The highest BCUT2D eigenvalue weighted by atomic mass is 16.5. The highest BCUT2D eigenvalue weighted by Gasteiger charge is 2.30. The van der Waals surface area contributed by atoms with Gasteiger partial charge in [-0.25, -0.2) is 4.79 Å². The molecule has 0 amide bonds. The molecule has 0 unspecified atom stereocenters. The molecule has 1 N–H and O–H groups in total. The Labute approximate surface area is 104 Å². The van der Waals surface area contributed by atoms with Gasteiger partial charge in [0, 0.05) is 12.0 Å². The van der Waals surface area contributed by atoms with Crippen molar-refractivity contribution in [1.29, 1.82) is 0 Å². The number of aryl methyl sites for hydroxylation is 1. The Hall–Kier alpha value is -2.04. The van der Waals surface area contributed by atoms with Crippen molar-refractivity contribution in [3.8, 4) is 11.5 Å². The highest BCUT2D eigenvalue weighted by molar-refractivity contribution is 6.41. The lowest BCUT2D eigenvalue weighted by atomic mass is 9.97. The first-order valence-corrected chi connectivity index (χ1v) is 5.76. The van der Waals surface area contributed by atoms with Crippen molar-refractivity contribution in [2.24, 2.45) is 0 Å². The number of Topliss-reactive ketones (excluding diaryl/α,β-unsaturated/α-hetero) is 1. The van der Waals surface area contributed by atoms with Crippen molar-refractivity contribution in [3.05, 3.63) is 22.8 Å². The molecule has 0 fully saturated rings. The molecule has 0 saturated heterocycles. The topological polar surface area (TPSA) is 72.8 Å². The van der Waals surface area contributed by atoms with Crippen LogP contribution in [0.2, 0.25) is 0 Å². The van der Waals surface area contributed by atoms with Gasteiger partial charge in [0.15, 0.2) is 0 Å². The average Bonchev–Trinajstić information content (AvgIpc) is 2.77. The van der Waals surface area contributed by atoms with Crippen LogP contribution in [0, 0.1) is 6.92 Å². The third-order valence-corrected chi connectivity index (χ3v) is 2.85. The molecule has 1 aromatic carbocycles. The molecule has 1 aromatic rings. The maximum Gasteiger partial charge on any atom is 0.379 e. The number of benzene rings is 1. The fraction of sp³-hybridized carbons (Fsp3) is 0.385. The summed E-state index contributed by atoms with van der Waals surface area (Å²) in [5.41, 5.74) is 1.10. The first-order valence-electron chi connectivity index (χ1n) is 5.76. The average molecular weight is 250 g/mol.